The number of hydrogen-bond acceptors (Lipinski definition) is 4. The number of nitrogens with one attached hydrogen (secondary N) is 2. The minimum absolute atomic E-state index is 0.110. The number of hydrogen-bond donors (Lipinski definition) is 2. The number of carbonyl (C=O) groups excluding carboxylic acids is 1. The van der Waals surface area contributed by atoms with Crippen molar-refractivity contribution in [2.75, 3.05) is 20.1 Å². The van der Waals surface area contributed by atoms with Gasteiger partial charge in [-0.05, 0) is 19.2 Å². The van der Waals surface area contributed by atoms with E-state index in [9.17, 15) is 22.4 Å². The first-order valence-electron chi connectivity index (χ1n) is 6.57. The Morgan fingerprint density at radius 3 is 2.57 bits per heavy atom. The quantitative estimate of drug-likeness (QED) is 0.641. The third-order valence-electron chi connectivity index (χ3n) is 2.90. The normalized spacial score (nSPS) is 11.5. The predicted octanol–water partition coefficient (Wildman–Crippen LogP) is 1.37. The zero-order chi connectivity index (χ0) is 17.0. The van der Waals surface area contributed by atoms with Crippen molar-refractivity contribution < 1.29 is 22.4 Å². The van der Waals surface area contributed by atoms with Crippen LogP contribution in [0.25, 0.3) is 5.69 Å². The van der Waals surface area contributed by atoms with Gasteiger partial charge in [0.15, 0.2) is 11.4 Å². The molecule has 23 heavy (non-hydrogen) atoms. The molecule has 2 rings (SSSR count). The van der Waals surface area contributed by atoms with Crippen molar-refractivity contribution in [3.63, 3.8) is 0 Å². The van der Waals surface area contributed by atoms with Crippen molar-refractivity contribution in [3.8, 4) is 5.69 Å². The molecular weight excluding hydrogens is 318 g/mol. The van der Waals surface area contributed by atoms with Crippen molar-refractivity contribution in [3.05, 3.63) is 41.5 Å². The van der Waals surface area contributed by atoms with Crippen molar-refractivity contribution in [1.29, 1.82) is 0 Å². The predicted molar refractivity (Wildman–Crippen MR) is 72.6 cm³/mol. The van der Waals surface area contributed by atoms with Crippen LogP contribution in [0.15, 0.2) is 24.3 Å². The Balaban J connectivity index is 2.46. The zero-order valence-corrected chi connectivity index (χ0v) is 12.0. The highest BCUT2D eigenvalue weighted by atomic mass is 19.4. The van der Waals surface area contributed by atoms with Gasteiger partial charge in [0.2, 0.25) is 0 Å². The molecule has 6 nitrogen and oxygen atoms in total. The van der Waals surface area contributed by atoms with Crippen LogP contribution >= 0.6 is 0 Å². The van der Waals surface area contributed by atoms with Gasteiger partial charge < -0.3 is 10.6 Å². The highest BCUT2D eigenvalue weighted by Crippen LogP contribution is 2.33. The second kappa shape index (κ2) is 6.73. The van der Waals surface area contributed by atoms with Gasteiger partial charge in [-0.15, -0.1) is 5.10 Å². The van der Waals surface area contributed by atoms with Crippen molar-refractivity contribution in [1.82, 2.24) is 25.6 Å². The van der Waals surface area contributed by atoms with Crippen LogP contribution in [0, 0.1) is 5.82 Å². The number of benzene rings is 1. The number of halogens is 4. The van der Waals surface area contributed by atoms with Crippen LogP contribution in [0.5, 0.6) is 0 Å². The number of alkyl halides is 3. The molecule has 124 valence electrons. The number of para-hydroxylation sites is 1. The van der Waals surface area contributed by atoms with Crippen LogP contribution in [0.2, 0.25) is 0 Å². The minimum Gasteiger partial charge on any atom is -0.349 e. The molecule has 10 heteroatoms. The first-order chi connectivity index (χ1) is 10.9. The molecular formula is C13H13F4N5O. The lowest BCUT2D eigenvalue weighted by molar-refractivity contribution is -0.143. The Morgan fingerprint density at radius 1 is 1.26 bits per heavy atom. The monoisotopic (exact) mass is 331 g/mol. The SMILES string of the molecule is CNCCNC(=O)c1nnn(-c2ccccc2F)c1C(F)(F)F. The molecule has 1 heterocycles. The lowest BCUT2D eigenvalue weighted by atomic mass is 10.2. The molecule has 1 amide bonds. The number of aromatic nitrogens is 3. The van der Waals surface area contributed by atoms with Crippen LogP contribution in [-0.2, 0) is 6.18 Å². The topological polar surface area (TPSA) is 71.8 Å². The number of likely N-dealkylation sites (N-methyl/N-ethyl adjacent to an activating group) is 1. The summed E-state index contributed by atoms with van der Waals surface area (Å²) in [6.07, 6.45) is -4.93. The van der Waals surface area contributed by atoms with E-state index in [2.05, 4.69) is 20.9 Å². The number of amides is 1. The Hall–Kier alpha value is -2.49. The highest BCUT2D eigenvalue weighted by Gasteiger charge is 2.42. The van der Waals surface area contributed by atoms with Crippen LogP contribution < -0.4 is 10.6 Å². The van der Waals surface area contributed by atoms with Gasteiger partial charge in [0.25, 0.3) is 5.91 Å². The molecule has 0 saturated heterocycles. The first kappa shape index (κ1) is 16.9. The molecule has 0 bridgehead atoms. The van der Waals surface area contributed by atoms with E-state index in [-0.39, 0.29) is 11.2 Å². The zero-order valence-electron chi connectivity index (χ0n) is 12.0. The maximum atomic E-state index is 13.7. The molecule has 2 aromatic rings. The molecule has 0 unspecified atom stereocenters. The van der Waals surface area contributed by atoms with E-state index >= 15 is 0 Å². The average molecular weight is 331 g/mol. The summed E-state index contributed by atoms with van der Waals surface area (Å²) in [5.41, 5.74) is -2.77. The van der Waals surface area contributed by atoms with Gasteiger partial charge in [0.1, 0.15) is 11.5 Å². The lowest BCUT2D eigenvalue weighted by Gasteiger charge is -2.11. The maximum Gasteiger partial charge on any atom is 0.435 e. The van der Waals surface area contributed by atoms with Crippen molar-refractivity contribution in [2.24, 2.45) is 0 Å². The Kier molecular flexibility index (Phi) is 4.94. The van der Waals surface area contributed by atoms with Crippen LogP contribution in [0.3, 0.4) is 0 Å². The lowest BCUT2D eigenvalue weighted by Crippen LogP contribution is -2.32. The molecule has 0 saturated carbocycles. The van der Waals surface area contributed by atoms with E-state index in [1.54, 1.807) is 7.05 Å². The van der Waals surface area contributed by atoms with Gasteiger partial charge in [-0.1, -0.05) is 17.3 Å². The van der Waals surface area contributed by atoms with Crippen LogP contribution in [-0.4, -0.2) is 41.0 Å². The molecule has 0 aliphatic carbocycles. The Morgan fingerprint density at radius 2 is 1.96 bits per heavy atom. The summed E-state index contributed by atoms with van der Waals surface area (Å²) < 4.78 is 53.9. The molecule has 0 radical (unpaired) electrons. The summed E-state index contributed by atoms with van der Waals surface area (Å²) in [5, 5.41) is 11.6. The number of carbonyl (C=O) groups is 1. The van der Waals surface area contributed by atoms with Crippen LogP contribution in [0.1, 0.15) is 16.2 Å². The summed E-state index contributed by atoms with van der Waals surface area (Å²) in [6, 6.07) is 4.78. The van der Waals surface area contributed by atoms with Gasteiger partial charge in [0, 0.05) is 13.1 Å². The van der Waals surface area contributed by atoms with E-state index in [4.69, 9.17) is 0 Å². The van der Waals surface area contributed by atoms with Gasteiger partial charge >= 0.3 is 6.18 Å². The smallest absolute Gasteiger partial charge is 0.349 e. The molecule has 0 atom stereocenters. The van der Waals surface area contributed by atoms with E-state index in [1.807, 2.05) is 0 Å². The van der Waals surface area contributed by atoms with E-state index < -0.39 is 35.0 Å². The fourth-order valence-corrected chi connectivity index (χ4v) is 1.87. The van der Waals surface area contributed by atoms with Crippen LogP contribution in [0.4, 0.5) is 17.6 Å². The largest absolute Gasteiger partial charge is 0.435 e. The van der Waals surface area contributed by atoms with Gasteiger partial charge in [-0.3, -0.25) is 4.79 Å². The second-order valence-electron chi connectivity index (χ2n) is 4.51. The van der Waals surface area contributed by atoms with Gasteiger partial charge in [0.05, 0.1) is 0 Å². The number of nitrogens with zero attached hydrogens (tertiary/aromatic N) is 3. The van der Waals surface area contributed by atoms with Crippen molar-refractivity contribution >= 4 is 5.91 Å². The third-order valence-corrected chi connectivity index (χ3v) is 2.90. The standard InChI is InChI=1S/C13H13F4N5O/c1-18-6-7-19-12(23)10-11(13(15,16)17)22(21-20-10)9-5-3-2-4-8(9)14/h2-5,18H,6-7H2,1H3,(H,19,23). The second-order valence-corrected chi connectivity index (χ2v) is 4.51. The summed E-state index contributed by atoms with van der Waals surface area (Å²) in [4.78, 5) is 11.9. The Bertz CT molecular complexity index is 698. The fraction of sp³-hybridized carbons (Fsp3) is 0.308. The van der Waals surface area contributed by atoms with E-state index in [0.29, 0.717) is 6.54 Å². The molecule has 1 aromatic heterocycles. The molecule has 0 aliphatic rings. The maximum absolute atomic E-state index is 13.7. The minimum atomic E-state index is -4.93. The molecule has 0 fully saturated rings. The fourth-order valence-electron chi connectivity index (χ4n) is 1.87. The highest BCUT2D eigenvalue weighted by molar-refractivity contribution is 5.93. The average Bonchev–Trinajstić information content (AvgIpc) is 2.93. The first-order valence-corrected chi connectivity index (χ1v) is 6.57. The van der Waals surface area contributed by atoms with E-state index in [0.717, 1.165) is 12.1 Å². The molecule has 0 aliphatic heterocycles. The van der Waals surface area contributed by atoms with Crippen molar-refractivity contribution in [2.45, 2.75) is 6.18 Å². The molecule has 0 spiro atoms. The van der Waals surface area contributed by atoms with Gasteiger partial charge in [-0.2, -0.15) is 13.2 Å². The third kappa shape index (κ3) is 3.65. The Labute approximate surface area is 128 Å². The summed E-state index contributed by atoms with van der Waals surface area (Å²) in [6.45, 7) is 0.480. The molecule has 1 aromatic carbocycles. The summed E-state index contributed by atoms with van der Waals surface area (Å²) in [5.74, 6) is -1.94. The molecule has 2 N–H and O–H groups in total. The summed E-state index contributed by atoms with van der Waals surface area (Å²) >= 11 is 0. The summed E-state index contributed by atoms with van der Waals surface area (Å²) in [7, 11) is 1.63. The van der Waals surface area contributed by atoms with Gasteiger partial charge in [-0.25, -0.2) is 9.07 Å². The number of rotatable bonds is 5. The van der Waals surface area contributed by atoms with E-state index in [1.165, 1.54) is 12.1 Å².